The molecule has 0 saturated heterocycles. The van der Waals surface area contributed by atoms with Crippen LogP contribution in [0.25, 0.3) is 0 Å². The molecule has 0 amide bonds. The van der Waals surface area contributed by atoms with Crippen LogP contribution in [-0.2, 0) is 19.4 Å². The summed E-state index contributed by atoms with van der Waals surface area (Å²) in [6.07, 6.45) is 11.7. The van der Waals surface area contributed by atoms with Gasteiger partial charge in [0.15, 0.2) is 5.96 Å². The number of benzene rings is 1. The van der Waals surface area contributed by atoms with E-state index in [0.29, 0.717) is 12.0 Å². The Morgan fingerprint density at radius 2 is 1.88 bits per heavy atom. The Morgan fingerprint density at radius 1 is 1.06 bits per heavy atom. The van der Waals surface area contributed by atoms with Crippen LogP contribution in [0, 0.1) is 0 Å². The van der Waals surface area contributed by atoms with Gasteiger partial charge in [0.25, 0.3) is 0 Å². The van der Waals surface area contributed by atoms with Gasteiger partial charge in [-0.1, -0.05) is 36.8 Å². The van der Waals surface area contributed by atoms with Gasteiger partial charge in [0.1, 0.15) is 11.6 Å². The lowest BCUT2D eigenvalue weighted by atomic mass is 9.82. The number of fused-ring (bicyclic) bond motifs is 1. The average Bonchev–Trinajstić information content (AvgIpc) is 3.03. The van der Waals surface area contributed by atoms with Gasteiger partial charge in [-0.25, -0.2) is 0 Å². The van der Waals surface area contributed by atoms with Crippen molar-refractivity contribution in [2.45, 2.75) is 89.6 Å². The van der Waals surface area contributed by atoms with Gasteiger partial charge in [-0.15, -0.1) is 34.2 Å². The van der Waals surface area contributed by atoms with Crippen molar-refractivity contribution >= 4 is 29.9 Å². The molecule has 0 radical (unpaired) electrons. The summed E-state index contributed by atoms with van der Waals surface area (Å²) in [5, 5.41) is 16.0. The molecule has 2 N–H and O–H groups in total. The fourth-order valence-corrected chi connectivity index (χ4v) is 4.97. The van der Waals surface area contributed by atoms with E-state index in [1.54, 1.807) is 0 Å². The zero-order valence-electron chi connectivity index (χ0n) is 19.4. The molecule has 0 bridgehead atoms. The zero-order chi connectivity index (χ0) is 21.3. The summed E-state index contributed by atoms with van der Waals surface area (Å²) in [6, 6.07) is 11.5. The first-order valence-corrected chi connectivity index (χ1v) is 12.3. The second kappa shape index (κ2) is 13.2. The summed E-state index contributed by atoms with van der Waals surface area (Å²) in [4.78, 5) is 4.85. The van der Waals surface area contributed by atoms with Gasteiger partial charge >= 0.3 is 0 Å². The van der Waals surface area contributed by atoms with Crippen molar-refractivity contribution in [2.24, 2.45) is 4.99 Å². The van der Waals surface area contributed by atoms with Crippen LogP contribution in [0.1, 0.15) is 81.4 Å². The third-order valence-electron chi connectivity index (χ3n) is 6.70. The molecule has 176 valence electrons. The van der Waals surface area contributed by atoms with Crippen LogP contribution in [-0.4, -0.2) is 39.9 Å². The predicted octanol–water partition coefficient (Wildman–Crippen LogP) is 4.84. The topological polar surface area (TPSA) is 67.1 Å². The molecule has 6 nitrogen and oxygen atoms in total. The minimum atomic E-state index is 0. The van der Waals surface area contributed by atoms with E-state index in [-0.39, 0.29) is 24.0 Å². The molecule has 2 heterocycles. The lowest BCUT2D eigenvalue weighted by Crippen LogP contribution is -2.44. The van der Waals surface area contributed by atoms with E-state index < -0.39 is 0 Å². The lowest BCUT2D eigenvalue weighted by molar-refractivity contribution is 0.371. The summed E-state index contributed by atoms with van der Waals surface area (Å²) in [6.45, 7) is 4.92. The maximum atomic E-state index is 4.85. The molecule has 32 heavy (non-hydrogen) atoms. The smallest absolute Gasteiger partial charge is 0.191 e. The maximum Gasteiger partial charge on any atom is 0.191 e. The Balaban J connectivity index is 0.00000289. The van der Waals surface area contributed by atoms with Gasteiger partial charge in [0, 0.05) is 38.5 Å². The van der Waals surface area contributed by atoms with Crippen LogP contribution in [0.2, 0.25) is 0 Å². The van der Waals surface area contributed by atoms with Gasteiger partial charge in [-0.05, 0) is 63.4 Å². The van der Waals surface area contributed by atoms with Crippen molar-refractivity contribution in [3.8, 4) is 0 Å². The number of aryl methyl sites for hydroxylation is 2. The fraction of sp³-hybridized carbons (Fsp3) is 0.640. The third kappa shape index (κ3) is 6.93. The first-order chi connectivity index (χ1) is 15.3. The molecule has 1 aromatic heterocycles. The van der Waals surface area contributed by atoms with Crippen LogP contribution < -0.4 is 10.6 Å². The van der Waals surface area contributed by atoms with Gasteiger partial charge in [-0.2, -0.15) is 0 Å². The van der Waals surface area contributed by atoms with Gasteiger partial charge in [-0.3, -0.25) is 4.99 Å². The molecule has 0 spiro atoms. The van der Waals surface area contributed by atoms with Crippen LogP contribution in [0.5, 0.6) is 0 Å². The van der Waals surface area contributed by atoms with Crippen LogP contribution in [0.3, 0.4) is 0 Å². The fourth-order valence-electron chi connectivity index (χ4n) is 4.97. The van der Waals surface area contributed by atoms with Crippen molar-refractivity contribution in [1.82, 2.24) is 25.4 Å². The first-order valence-electron chi connectivity index (χ1n) is 12.3. The molecule has 1 aliphatic carbocycles. The van der Waals surface area contributed by atoms with Gasteiger partial charge in [0.05, 0.1) is 0 Å². The quantitative estimate of drug-likeness (QED) is 0.224. The second-order valence-electron chi connectivity index (χ2n) is 8.96. The van der Waals surface area contributed by atoms with E-state index in [2.05, 4.69) is 62.7 Å². The van der Waals surface area contributed by atoms with Crippen molar-refractivity contribution in [3.05, 3.63) is 47.5 Å². The van der Waals surface area contributed by atoms with Crippen molar-refractivity contribution < 1.29 is 0 Å². The standard InChI is InChI=1S/C25H38N6.HI/c1-2-26-25(28-22-16-14-21(15-17-22)20-10-5-3-6-11-20)27-18-9-13-24-30-29-23-12-7-4-8-19-31(23)24;/h3,5-6,10-11,21-22H,2,4,7-9,12-19H2,1H3,(H2,26,27,28);1H. The number of guanidine groups is 1. The highest BCUT2D eigenvalue weighted by atomic mass is 127. The predicted molar refractivity (Wildman–Crippen MR) is 142 cm³/mol. The number of hydrogen-bond donors (Lipinski definition) is 2. The molecule has 2 aromatic rings. The average molecular weight is 551 g/mol. The van der Waals surface area contributed by atoms with Crippen molar-refractivity contribution in [1.29, 1.82) is 0 Å². The highest BCUT2D eigenvalue weighted by Gasteiger charge is 2.22. The number of nitrogens with zero attached hydrogens (tertiary/aromatic N) is 4. The van der Waals surface area contributed by atoms with Crippen LogP contribution >= 0.6 is 24.0 Å². The highest BCUT2D eigenvalue weighted by Crippen LogP contribution is 2.32. The van der Waals surface area contributed by atoms with Gasteiger partial charge < -0.3 is 15.2 Å². The molecular weight excluding hydrogens is 511 g/mol. The summed E-state index contributed by atoms with van der Waals surface area (Å²) < 4.78 is 2.35. The molecule has 2 aliphatic rings. The number of rotatable bonds is 7. The first kappa shape index (κ1) is 25.0. The number of aliphatic imine (C=N–C) groups is 1. The van der Waals surface area contributed by atoms with E-state index in [1.807, 2.05) is 0 Å². The molecule has 1 saturated carbocycles. The summed E-state index contributed by atoms with van der Waals surface area (Å²) in [7, 11) is 0. The normalized spacial score (nSPS) is 21.2. The summed E-state index contributed by atoms with van der Waals surface area (Å²) in [5.74, 6) is 3.99. The Kier molecular flexibility index (Phi) is 10.3. The van der Waals surface area contributed by atoms with E-state index in [9.17, 15) is 0 Å². The summed E-state index contributed by atoms with van der Waals surface area (Å²) >= 11 is 0. The molecule has 1 aliphatic heterocycles. The zero-order valence-corrected chi connectivity index (χ0v) is 21.8. The second-order valence-corrected chi connectivity index (χ2v) is 8.96. The highest BCUT2D eigenvalue weighted by molar-refractivity contribution is 14.0. The third-order valence-corrected chi connectivity index (χ3v) is 6.70. The number of nitrogens with one attached hydrogen (secondary N) is 2. The van der Waals surface area contributed by atoms with Crippen LogP contribution in [0.15, 0.2) is 35.3 Å². The minimum Gasteiger partial charge on any atom is -0.357 e. The van der Waals surface area contributed by atoms with Crippen molar-refractivity contribution in [2.75, 3.05) is 13.1 Å². The molecule has 0 atom stereocenters. The maximum absolute atomic E-state index is 4.85. The molecule has 0 unspecified atom stereocenters. The minimum absolute atomic E-state index is 0. The van der Waals surface area contributed by atoms with E-state index in [1.165, 1.54) is 56.3 Å². The van der Waals surface area contributed by atoms with Crippen LogP contribution in [0.4, 0.5) is 0 Å². The molecule has 4 rings (SSSR count). The van der Waals surface area contributed by atoms with E-state index in [0.717, 1.165) is 50.7 Å². The van der Waals surface area contributed by atoms with E-state index in [4.69, 9.17) is 4.99 Å². The number of halogens is 1. The van der Waals surface area contributed by atoms with Gasteiger partial charge in [0.2, 0.25) is 0 Å². The monoisotopic (exact) mass is 550 g/mol. The van der Waals surface area contributed by atoms with Crippen molar-refractivity contribution in [3.63, 3.8) is 0 Å². The SMILES string of the molecule is CCNC(=NCCCc1nnc2n1CCCCC2)NC1CCC(c2ccccc2)CC1.I. The Hall–Kier alpha value is -1.64. The molecular formula is C25H39IN6. The molecule has 7 heteroatoms. The lowest BCUT2D eigenvalue weighted by Gasteiger charge is -2.30. The Bertz CT molecular complexity index is 826. The number of hydrogen-bond acceptors (Lipinski definition) is 3. The summed E-state index contributed by atoms with van der Waals surface area (Å²) in [5.41, 5.74) is 1.49. The molecule has 1 aromatic carbocycles. The largest absolute Gasteiger partial charge is 0.357 e. The Labute approximate surface area is 210 Å². The Morgan fingerprint density at radius 3 is 2.66 bits per heavy atom. The molecule has 1 fully saturated rings. The number of aromatic nitrogens is 3. The van der Waals surface area contributed by atoms with E-state index >= 15 is 0 Å².